The monoisotopic (exact) mass is 330 g/mol. The number of para-hydroxylation sites is 1. The van der Waals surface area contributed by atoms with Crippen LogP contribution in [0.3, 0.4) is 0 Å². The molecule has 0 aliphatic rings. The SMILES string of the molecule is CC(C)(C)OC(=O)C[C@H]([NH3+])CCS(=O)(=O)Oc1ccccc1. The van der Waals surface area contributed by atoms with Gasteiger partial charge in [-0.15, -0.1) is 0 Å². The standard InChI is InChI=1S/C15H23NO5S/c1-15(2,3)20-14(17)11-12(16)9-10-22(18,19)21-13-7-5-4-6-8-13/h4-8,12H,9-11,16H2,1-3H3/p+1/t12-/m1/s1. The molecule has 1 aromatic rings. The van der Waals surface area contributed by atoms with E-state index in [-0.39, 0.29) is 36.4 Å². The third-order valence-electron chi connectivity index (χ3n) is 2.62. The van der Waals surface area contributed by atoms with Gasteiger partial charge in [-0.05, 0) is 32.9 Å². The van der Waals surface area contributed by atoms with Crippen LogP contribution < -0.4 is 9.92 Å². The summed E-state index contributed by atoms with van der Waals surface area (Å²) in [6.07, 6.45) is 0.312. The molecule has 0 aromatic heterocycles. The zero-order valence-electron chi connectivity index (χ0n) is 13.2. The number of benzene rings is 1. The fourth-order valence-corrected chi connectivity index (χ4v) is 2.81. The van der Waals surface area contributed by atoms with Gasteiger partial charge in [-0.2, -0.15) is 8.42 Å². The van der Waals surface area contributed by atoms with Crippen molar-refractivity contribution in [1.29, 1.82) is 0 Å². The number of carbonyl (C=O) groups is 1. The molecule has 124 valence electrons. The minimum absolute atomic E-state index is 0.0815. The van der Waals surface area contributed by atoms with Gasteiger partial charge in [0.15, 0.2) is 0 Å². The van der Waals surface area contributed by atoms with Gasteiger partial charge in [0.05, 0.1) is 18.2 Å². The van der Waals surface area contributed by atoms with Crippen LogP contribution in [0.2, 0.25) is 0 Å². The quantitative estimate of drug-likeness (QED) is 0.597. The van der Waals surface area contributed by atoms with Crippen LogP contribution >= 0.6 is 0 Å². The van der Waals surface area contributed by atoms with Gasteiger partial charge in [0.2, 0.25) is 0 Å². The third-order valence-corrected chi connectivity index (χ3v) is 3.80. The van der Waals surface area contributed by atoms with Crippen molar-refractivity contribution >= 4 is 16.1 Å². The Bertz CT molecular complexity index is 578. The Hall–Kier alpha value is -1.60. The number of quaternary nitrogens is 1. The Morgan fingerprint density at radius 2 is 1.82 bits per heavy atom. The van der Waals surface area contributed by atoms with Crippen LogP contribution in [0.25, 0.3) is 0 Å². The Labute approximate surface area is 131 Å². The summed E-state index contributed by atoms with van der Waals surface area (Å²) >= 11 is 0. The molecule has 0 heterocycles. The van der Waals surface area contributed by atoms with E-state index in [0.717, 1.165) is 0 Å². The van der Waals surface area contributed by atoms with Crippen molar-refractivity contribution in [2.45, 2.75) is 45.3 Å². The number of ether oxygens (including phenoxy) is 1. The molecule has 0 saturated carbocycles. The zero-order chi connectivity index (χ0) is 16.8. The summed E-state index contributed by atoms with van der Waals surface area (Å²) in [6, 6.07) is 7.95. The Kier molecular flexibility index (Phi) is 6.37. The lowest BCUT2D eigenvalue weighted by Crippen LogP contribution is -2.62. The highest BCUT2D eigenvalue weighted by Crippen LogP contribution is 2.13. The molecule has 0 bridgehead atoms. The number of carbonyl (C=O) groups excluding carboxylic acids is 1. The molecule has 7 heteroatoms. The predicted octanol–water partition coefficient (Wildman–Crippen LogP) is 1.13. The fourth-order valence-electron chi connectivity index (χ4n) is 1.70. The fraction of sp³-hybridized carbons (Fsp3) is 0.533. The molecule has 22 heavy (non-hydrogen) atoms. The second-order valence-electron chi connectivity index (χ2n) is 6.10. The molecule has 3 N–H and O–H groups in total. The van der Waals surface area contributed by atoms with Gasteiger partial charge in [-0.3, -0.25) is 4.79 Å². The summed E-state index contributed by atoms with van der Waals surface area (Å²) < 4.78 is 33.8. The van der Waals surface area contributed by atoms with E-state index in [0.29, 0.717) is 0 Å². The molecule has 0 fully saturated rings. The number of esters is 1. The first-order valence-corrected chi connectivity index (χ1v) is 8.67. The number of rotatable bonds is 7. The summed E-state index contributed by atoms with van der Waals surface area (Å²) in [5.41, 5.74) is 3.24. The summed E-state index contributed by atoms with van der Waals surface area (Å²) in [5, 5.41) is 0. The van der Waals surface area contributed by atoms with E-state index in [4.69, 9.17) is 8.92 Å². The van der Waals surface area contributed by atoms with Crippen molar-refractivity contribution in [3.05, 3.63) is 30.3 Å². The summed E-state index contributed by atoms with van der Waals surface area (Å²) in [5.74, 6) is -0.303. The summed E-state index contributed by atoms with van der Waals surface area (Å²) in [6.45, 7) is 5.34. The second kappa shape index (κ2) is 7.60. The lowest BCUT2D eigenvalue weighted by Gasteiger charge is -2.20. The maximum atomic E-state index is 11.9. The molecule has 0 radical (unpaired) electrons. The predicted molar refractivity (Wildman–Crippen MR) is 82.6 cm³/mol. The normalized spacial score (nSPS) is 13.5. The number of hydrogen-bond acceptors (Lipinski definition) is 5. The van der Waals surface area contributed by atoms with Gasteiger partial charge in [-0.1, -0.05) is 18.2 Å². The molecule has 0 aliphatic heterocycles. The largest absolute Gasteiger partial charge is 0.460 e. The first-order valence-electron chi connectivity index (χ1n) is 7.09. The van der Waals surface area contributed by atoms with Crippen LogP contribution in [-0.4, -0.2) is 31.8 Å². The van der Waals surface area contributed by atoms with E-state index in [1.165, 1.54) is 0 Å². The molecule has 1 aromatic carbocycles. The minimum Gasteiger partial charge on any atom is -0.460 e. The van der Waals surface area contributed by atoms with E-state index in [1.54, 1.807) is 51.1 Å². The average Bonchev–Trinajstić information content (AvgIpc) is 2.35. The van der Waals surface area contributed by atoms with E-state index < -0.39 is 15.7 Å². The third kappa shape index (κ3) is 7.99. The van der Waals surface area contributed by atoms with Crippen LogP contribution in [0.5, 0.6) is 5.75 Å². The molecular weight excluding hydrogens is 306 g/mol. The van der Waals surface area contributed by atoms with Gasteiger partial charge in [0.25, 0.3) is 0 Å². The van der Waals surface area contributed by atoms with Gasteiger partial charge < -0.3 is 14.7 Å². The van der Waals surface area contributed by atoms with Crippen molar-refractivity contribution in [1.82, 2.24) is 0 Å². The second-order valence-corrected chi connectivity index (χ2v) is 7.79. The molecule has 1 atom stereocenters. The first-order chi connectivity index (χ1) is 10.1. The Morgan fingerprint density at radius 1 is 1.23 bits per heavy atom. The van der Waals surface area contributed by atoms with Gasteiger partial charge in [0, 0.05) is 6.42 Å². The molecule has 0 aliphatic carbocycles. The van der Waals surface area contributed by atoms with Gasteiger partial charge >= 0.3 is 16.1 Å². The molecule has 0 spiro atoms. The van der Waals surface area contributed by atoms with Crippen LogP contribution in [0.15, 0.2) is 30.3 Å². The Balaban J connectivity index is 2.42. The van der Waals surface area contributed by atoms with E-state index >= 15 is 0 Å². The van der Waals surface area contributed by atoms with Crippen molar-refractivity contribution in [3.63, 3.8) is 0 Å². The molecule has 0 amide bonds. The summed E-state index contributed by atoms with van der Waals surface area (Å²) in [4.78, 5) is 11.6. The Morgan fingerprint density at radius 3 is 2.36 bits per heavy atom. The smallest absolute Gasteiger partial charge is 0.312 e. The van der Waals surface area contributed by atoms with Crippen molar-refractivity contribution in [2.75, 3.05) is 5.75 Å². The van der Waals surface area contributed by atoms with E-state index in [2.05, 4.69) is 5.73 Å². The summed E-state index contributed by atoms with van der Waals surface area (Å²) in [7, 11) is -3.69. The minimum atomic E-state index is -3.69. The average molecular weight is 330 g/mol. The van der Waals surface area contributed by atoms with Crippen molar-refractivity contribution in [3.8, 4) is 5.75 Å². The molecule has 0 unspecified atom stereocenters. The highest BCUT2D eigenvalue weighted by molar-refractivity contribution is 7.87. The highest BCUT2D eigenvalue weighted by atomic mass is 32.2. The maximum Gasteiger partial charge on any atom is 0.312 e. The first kappa shape index (κ1) is 18.4. The maximum absolute atomic E-state index is 11.9. The molecular formula is C15H24NO5S+. The molecule has 6 nitrogen and oxygen atoms in total. The van der Waals surface area contributed by atoms with Gasteiger partial charge in [-0.25, -0.2) is 0 Å². The van der Waals surface area contributed by atoms with E-state index in [9.17, 15) is 13.2 Å². The zero-order valence-corrected chi connectivity index (χ0v) is 14.1. The van der Waals surface area contributed by atoms with Crippen LogP contribution in [0, 0.1) is 0 Å². The molecule has 1 rings (SSSR count). The molecule has 0 saturated heterocycles. The van der Waals surface area contributed by atoms with Crippen molar-refractivity contribution < 1.29 is 27.9 Å². The van der Waals surface area contributed by atoms with Crippen molar-refractivity contribution in [2.24, 2.45) is 0 Å². The topological polar surface area (TPSA) is 97.3 Å². The highest BCUT2D eigenvalue weighted by Gasteiger charge is 2.22. The lowest BCUT2D eigenvalue weighted by atomic mass is 10.1. The van der Waals surface area contributed by atoms with Crippen LogP contribution in [-0.2, 0) is 19.6 Å². The van der Waals surface area contributed by atoms with Crippen LogP contribution in [0.4, 0.5) is 0 Å². The lowest BCUT2D eigenvalue weighted by molar-refractivity contribution is -0.419. The number of hydrogen-bond donors (Lipinski definition) is 1. The van der Waals surface area contributed by atoms with Crippen LogP contribution in [0.1, 0.15) is 33.6 Å². The van der Waals surface area contributed by atoms with E-state index in [1.807, 2.05) is 0 Å². The van der Waals surface area contributed by atoms with Gasteiger partial charge in [0.1, 0.15) is 11.4 Å².